The summed E-state index contributed by atoms with van der Waals surface area (Å²) in [4.78, 5) is 12.2. The molecule has 0 amide bonds. The van der Waals surface area contributed by atoms with Crippen molar-refractivity contribution in [3.8, 4) is 0 Å². The molecule has 0 saturated carbocycles. The maximum absolute atomic E-state index is 12.2. The van der Waals surface area contributed by atoms with E-state index in [9.17, 15) is 4.79 Å². The maximum Gasteiger partial charge on any atom is 0.275 e. The van der Waals surface area contributed by atoms with Crippen LogP contribution >= 0.6 is 22.9 Å². The number of halogens is 1. The summed E-state index contributed by atoms with van der Waals surface area (Å²) in [5, 5.41) is 13.8. The molecule has 0 spiro atoms. The van der Waals surface area contributed by atoms with Gasteiger partial charge in [0.25, 0.3) is 5.56 Å². The van der Waals surface area contributed by atoms with Crippen molar-refractivity contribution in [2.45, 2.75) is 6.54 Å². The summed E-state index contributed by atoms with van der Waals surface area (Å²) in [5.41, 5.74) is -0.139. The van der Waals surface area contributed by atoms with Gasteiger partial charge in [0.1, 0.15) is 5.01 Å². The van der Waals surface area contributed by atoms with Crippen LogP contribution in [0.1, 0.15) is 5.01 Å². The minimum atomic E-state index is -0.139. The van der Waals surface area contributed by atoms with E-state index >= 15 is 0 Å². The second kappa shape index (κ2) is 4.47. The summed E-state index contributed by atoms with van der Waals surface area (Å²) >= 11 is 6.94. The summed E-state index contributed by atoms with van der Waals surface area (Å²) in [6.45, 7) is 0.286. The average molecular weight is 279 g/mol. The molecule has 2 heterocycles. The topological polar surface area (TPSA) is 60.7 Å². The lowest BCUT2D eigenvalue weighted by molar-refractivity contribution is 0.640. The minimum Gasteiger partial charge on any atom is -0.267 e. The molecule has 0 unspecified atom stereocenters. The van der Waals surface area contributed by atoms with Crippen molar-refractivity contribution in [2.75, 3.05) is 0 Å². The van der Waals surface area contributed by atoms with Crippen LogP contribution in [0, 0.1) is 0 Å². The molecule has 3 aromatic rings. The smallest absolute Gasteiger partial charge is 0.267 e. The third-order valence-electron chi connectivity index (χ3n) is 2.49. The van der Waals surface area contributed by atoms with Gasteiger partial charge in [-0.25, -0.2) is 4.68 Å². The van der Waals surface area contributed by atoms with Crippen LogP contribution in [0.4, 0.5) is 0 Å². The SMILES string of the molecule is O=c1c2ccccc2cnn1Cc1nnc(Cl)s1. The first-order valence-electron chi connectivity index (χ1n) is 5.17. The fraction of sp³-hybridized carbons (Fsp3) is 0.0909. The van der Waals surface area contributed by atoms with Gasteiger partial charge in [-0.1, -0.05) is 29.5 Å². The number of aromatic nitrogens is 4. The van der Waals surface area contributed by atoms with Crippen molar-refractivity contribution in [3.63, 3.8) is 0 Å². The van der Waals surface area contributed by atoms with Crippen LogP contribution in [0.5, 0.6) is 0 Å². The van der Waals surface area contributed by atoms with E-state index in [4.69, 9.17) is 11.6 Å². The highest BCUT2D eigenvalue weighted by atomic mass is 35.5. The van der Waals surface area contributed by atoms with Gasteiger partial charge in [0.05, 0.1) is 18.1 Å². The minimum absolute atomic E-state index is 0.139. The molecule has 1 aromatic carbocycles. The standard InChI is InChI=1S/C11H7ClN4OS/c12-11-15-14-9(18-11)6-16-10(17)8-4-2-1-3-7(8)5-13-16/h1-5H,6H2. The normalized spacial score (nSPS) is 10.9. The summed E-state index contributed by atoms with van der Waals surface area (Å²) < 4.78 is 1.72. The first-order chi connectivity index (χ1) is 8.74. The molecule has 2 aromatic heterocycles. The molecule has 18 heavy (non-hydrogen) atoms. The molecule has 0 radical (unpaired) electrons. The van der Waals surface area contributed by atoms with Crippen LogP contribution in [0.3, 0.4) is 0 Å². The highest BCUT2D eigenvalue weighted by Crippen LogP contribution is 2.15. The summed E-state index contributed by atoms with van der Waals surface area (Å²) in [5.74, 6) is 0. The Bertz CT molecular complexity index is 767. The van der Waals surface area contributed by atoms with Crippen LogP contribution in [0.15, 0.2) is 35.3 Å². The van der Waals surface area contributed by atoms with Crippen LogP contribution in [-0.4, -0.2) is 20.0 Å². The third kappa shape index (κ3) is 2.00. The lowest BCUT2D eigenvalue weighted by Gasteiger charge is -2.02. The molecule has 0 atom stereocenters. The molecule has 5 nitrogen and oxygen atoms in total. The zero-order valence-electron chi connectivity index (χ0n) is 9.08. The second-order valence-corrected chi connectivity index (χ2v) is 5.29. The molecular weight excluding hydrogens is 272 g/mol. The molecule has 0 aliphatic rings. The number of rotatable bonds is 2. The predicted octanol–water partition coefficient (Wildman–Crippen LogP) is 1.95. The van der Waals surface area contributed by atoms with Gasteiger partial charge in [-0.3, -0.25) is 4.79 Å². The molecule has 0 bridgehead atoms. The summed E-state index contributed by atoms with van der Waals surface area (Å²) in [6.07, 6.45) is 1.67. The molecule has 7 heteroatoms. The number of fused-ring (bicyclic) bond motifs is 1. The Balaban J connectivity index is 2.08. The molecule has 0 N–H and O–H groups in total. The van der Waals surface area contributed by atoms with Gasteiger partial charge in [0.15, 0.2) is 0 Å². The number of nitrogens with zero attached hydrogens (tertiary/aromatic N) is 4. The molecular formula is C11H7ClN4OS. The molecule has 90 valence electrons. The Hall–Kier alpha value is -1.79. The van der Waals surface area contributed by atoms with Gasteiger partial charge in [0, 0.05) is 5.39 Å². The zero-order chi connectivity index (χ0) is 12.5. The summed E-state index contributed by atoms with van der Waals surface area (Å²) in [6, 6.07) is 7.34. The monoisotopic (exact) mass is 278 g/mol. The Morgan fingerprint density at radius 1 is 1.28 bits per heavy atom. The maximum atomic E-state index is 12.2. The lowest BCUT2D eigenvalue weighted by atomic mass is 10.2. The fourth-order valence-corrected chi connectivity index (χ4v) is 2.52. The van der Waals surface area contributed by atoms with Crippen molar-refractivity contribution >= 4 is 33.7 Å². The highest BCUT2D eigenvalue weighted by Gasteiger charge is 2.07. The van der Waals surface area contributed by atoms with E-state index in [-0.39, 0.29) is 12.1 Å². The Kier molecular flexibility index (Phi) is 2.81. The average Bonchev–Trinajstić information content (AvgIpc) is 2.79. The summed E-state index contributed by atoms with van der Waals surface area (Å²) in [7, 11) is 0. The third-order valence-corrected chi connectivity index (χ3v) is 3.49. The molecule has 3 rings (SSSR count). The van der Waals surface area contributed by atoms with Crippen molar-refractivity contribution < 1.29 is 0 Å². The molecule has 0 aliphatic heterocycles. The van der Waals surface area contributed by atoms with Crippen LogP contribution in [0.25, 0.3) is 10.8 Å². The van der Waals surface area contributed by atoms with E-state index < -0.39 is 0 Å². The molecule has 0 aliphatic carbocycles. The number of hydrogen-bond acceptors (Lipinski definition) is 5. The quantitative estimate of drug-likeness (QED) is 0.719. The van der Waals surface area contributed by atoms with Gasteiger partial charge in [-0.2, -0.15) is 5.10 Å². The second-order valence-electron chi connectivity index (χ2n) is 3.64. The predicted molar refractivity (Wildman–Crippen MR) is 70.0 cm³/mol. The van der Waals surface area contributed by atoms with E-state index in [0.717, 1.165) is 5.39 Å². The van der Waals surface area contributed by atoms with E-state index in [2.05, 4.69) is 15.3 Å². The number of hydrogen-bond donors (Lipinski definition) is 0. The largest absolute Gasteiger partial charge is 0.275 e. The van der Waals surface area contributed by atoms with E-state index in [0.29, 0.717) is 14.9 Å². The highest BCUT2D eigenvalue weighted by molar-refractivity contribution is 7.15. The van der Waals surface area contributed by atoms with E-state index in [1.54, 1.807) is 12.3 Å². The van der Waals surface area contributed by atoms with Gasteiger partial charge < -0.3 is 0 Å². The van der Waals surface area contributed by atoms with Gasteiger partial charge in [-0.05, 0) is 17.7 Å². The van der Waals surface area contributed by atoms with Gasteiger partial charge >= 0.3 is 0 Å². The first-order valence-corrected chi connectivity index (χ1v) is 6.36. The van der Waals surface area contributed by atoms with E-state index in [1.165, 1.54) is 16.0 Å². The van der Waals surface area contributed by atoms with Crippen LogP contribution < -0.4 is 5.56 Å². The Morgan fingerprint density at radius 3 is 2.89 bits per heavy atom. The fourth-order valence-electron chi connectivity index (χ4n) is 1.67. The first kappa shape index (κ1) is 11.3. The molecule has 0 fully saturated rings. The van der Waals surface area contributed by atoms with Gasteiger partial charge in [-0.15, -0.1) is 10.2 Å². The van der Waals surface area contributed by atoms with Crippen molar-refractivity contribution in [1.29, 1.82) is 0 Å². The lowest BCUT2D eigenvalue weighted by Crippen LogP contribution is -2.23. The Morgan fingerprint density at radius 2 is 2.11 bits per heavy atom. The number of benzene rings is 1. The van der Waals surface area contributed by atoms with Crippen molar-refractivity contribution in [3.05, 3.63) is 50.3 Å². The zero-order valence-corrected chi connectivity index (χ0v) is 10.6. The van der Waals surface area contributed by atoms with Crippen molar-refractivity contribution in [1.82, 2.24) is 20.0 Å². The Labute approximate surface area is 111 Å². The van der Waals surface area contributed by atoms with Crippen LogP contribution in [-0.2, 0) is 6.54 Å². The molecule has 0 saturated heterocycles. The van der Waals surface area contributed by atoms with Crippen LogP contribution in [0.2, 0.25) is 4.47 Å². The van der Waals surface area contributed by atoms with Gasteiger partial charge in [0.2, 0.25) is 4.47 Å². The van der Waals surface area contributed by atoms with Crippen molar-refractivity contribution in [2.24, 2.45) is 0 Å². The van der Waals surface area contributed by atoms with E-state index in [1.807, 2.05) is 18.2 Å².